The van der Waals surface area contributed by atoms with Crippen LogP contribution in [0.15, 0.2) is 11.6 Å². The first-order valence-corrected chi connectivity index (χ1v) is 8.85. The van der Waals surface area contributed by atoms with Crippen LogP contribution in [-0.4, -0.2) is 25.3 Å². The molecule has 0 aromatic carbocycles. The van der Waals surface area contributed by atoms with E-state index in [1.165, 1.54) is 31.8 Å². The van der Waals surface area contributed by atoms with Crippen LogP contribution >= 0.6 is 0 Å². The molecule has 3 heteroatoms. The molecule has 1 aliphatic carbocycles. The molecular weight excluding hydrogens is 276 g/mol. The molecule has 1 fully saturated rings. The number of hydrogen-bond donors (Lipinski definition) is 0. The molecule has 126 valence electrons. The Labute approximate surface area is 135 Å². The van der Waals surface area contributed by atoms with E-state index in [2.05, 4.69) is 33.8 Å². The molecule has 3 nitrogen and oxygen atoms in total. The van der Waals surface area contributed by atoms with Gasteiger partial charge in [-0.25, -0.2) is 0 Å². The molecule has 0 aromatic heterocycles. The van der Waals surface area contributed by atoms with Gasteiger partial charge in [0.2, 0.25) is 0 Å². The normalized spacial score (nSPS) is 37.6. The van der Waals surface area contributed by atoms with Crippen molar-refractivity contribution >= 4 is 5.97 Å². The van der Waals surface area contributed by atoms with Crippen molar-refractivity contribution in [2.45, 2.75) is 66.4 Å². The van der Waals surface area contributed by atoms with Gasteiger partial charge in [0.1, 0.15) is 0 Å². The Hall–Kier alpha value is -0.830. The van der Waals surface area contributed by atoms with Crippen LogP contribution < -0.4 is 0 Å². The summed E-state index contributed by atoms with van der Waals surface area (Å²) in [7, 11) is 0. The maximum Gasteiger partial charge on any atom is 0.302 e. The number of allylic oxidation sites excluding steroid dienone is 1. The van der Waals surface area contributed by atoms with Gasteiger partial charge < -0.3 is 9.47 Å². The topological polar surface area (TPSA) is 35.5 Å². The highest BCUT2D eigenvalue weighted by Gasteiger charge is 2.53. The highest BCUT2D eigenvalue weighted by atomic mass is 16.5. The Bertz CT molecular complexity index is 428. The summed E-state index contributed by atoms with van der Waals surface area (Å²) in [6.07, 6.45) is 7.63. The molecule has 2 aliphatic rings. The highest BCUT2D eigenvalue weighted by molar-refractivity contribution is 5.65. The number of fused-ring (bicyclic) bond motifs is 2. The number of rotatable bonds is 6. The molecule has 0 spiro atoms. The average Bonchev–Trinajstić information content (AvgIpc) is 2.45. The smallest absolute Gasteiger partial charge is 0.302 e. The quantitative estimate of drug-likeness (QED) is 0.415. The van der Waals surface area contributed by atoms with Crippen molar-refractivity contribution < 1.29 is 14.3 Å². The summed E-state index contributed by atoms with van der Waals surface area (Å²) in [5.41, 5.74) is 1.40. The fourth-order valence-electron chi connectivity index (χ4n) is 4.48. The molecule has 22 heavy (non-hydrogen) atoms. The zero-order valence-corrected chi connectivity index (χ0v) is 14.9. The minimum absolute atomic E-state index is 0.0584. The molecule has 2 bridgehead atoms. The Kier molecular flexibility index (Phi) is 5.70. The first-order valence-electron chi connectivity index (χ1n) is 8.85. The summed E-state index contributed by atoms with van der Waals surface area (Å²) < 4.78 is 11.7. The van der Waals surface area contributed by atoms with E-state index in [9.17, 15) is 4.79 Å². The number of unbranched alkanes of at least 4 members (excludes halogenated alkanes) is 2. The number of carbonyl (C=O) groups is 1. The molecule has 0 unspecified atom stereocenters. The molecule has 5 atom stereocenters. The van der Waals surface area contributed by atoms with E-state index in [1.54, 1.807) is 0 Å². The van der Waals surface area contributed by atoms with E-state index >= 15 is 0 Å². The summed E-state index contributed by atoms with van der Waals surface area (Å²) in [6, 6.07) is 0. The van der Waals surface area contributed by atoms with Crippen LogP contribution in [0, 0.1) is 23.2 Å². The van der Waals surface area contributed by atoms with E-state index in [0.717, 1.165) is 6.42 Å². The van der Waals surface area contributed by atoms with Gasteiger partial charge in [0.05, 0.1) is 19.3 Å². The molecule has 0 amide bonds. The van der Waals surface area contributed by atoms with Gasteiger partial charge in [0.15, 0.2) is 0 Å². The first-order chi connectivity index (χ1) is 10.4. The number of hydrogen-bond acceptors (Lipinski definition) is 3. The fraction of sp³-hybridized carbons (Fsp3) is 0.842. The molecule has 0 saturated carbocycles. The second-order valence-corrected chi connectivity index (χ2v) is 7.37. The highest BCUT2D eigenvalue weighted by Crippen LogP contribution is 2.53. The lowest BCUT2D eigenvalue weighted by molar-refractivity contribution is -0.180. The maximum atomic E-state index is 11.3. The number of carbonyl (C=O) groups excluding carboxylic acids is 1. The predicted octanol–water partition coefficient (Wildman–Crippen LogP) is 4.36. The minimum Gasteiger partial charge on any atom is -0.465 e. The predicted molar refractivity (Wildman–Crippen MR) is 88.5 cm³/mol. The molecule has 0 aromatic rings. The van der Waals surface area contributed by atoms with Crippen LogP contribution in [0.2, 0.25) is 0 Å². The largest absolute Gasteiger partial charge is 0.465 e. The maximum absolute atomic E-state index is 11.3. The van der Waals surface area contributed by atoms with Crippen LogP contribution in [-0.2, 0) is 14.3 Å². The molecule has 2 rings (SSSR count). The molecule has 1 aliphatic heterocycles. The molecule has 1 heterocycles. The van der Waals surface area contributed by atoms with Gasteiger partial charge in [-0.2, -0.15) is 0 Å². The molecule has 1 saturated heterocycles. The molecule has 0 radical (unpaired) electrons. The van der Waals surface area contributed by atoms with Crippen LogP contribution in [0.1, 0.15) is 60.3 Å². The Morgan fingerprint density at radius 2 is 2.14 bits per heavy atom. The monoisotopic (exact) mass is 308 g/mol. The van der Waals surface area contributed by atoms with Crippen LogP contribution in [0.4, 0.5) is 0 Å². The standard InChI is InChI=1S/C19H32O3/c1-6-7-8-9-17-18-13(2)10-14(3)19(12-22-17,15(18)4)11-21-16(5)20/h10,14-15,17-18H,6-9,11-12H2,1-5H3/t14-,15+,17+,18-,19-/m0/s1. The third-order valence-corrected chi connectivity index (χ3v) is 5.99. The van der Waals surface area contributed by atoms with Crippen LogP contribution in [0.25, 0.3) is 0 Å². The van der Waals surface area contributed by atoms with Crippen molar-refractivity contribution in [2.75, 3.05) is 13.2 Å². The summed E-state index contributed by atoms with van der Waals surface area (Å²) in [6.45, 7) is 11.7. The second-order valence-electron chi connectivity index (χ2n) is 7.37. The van der Waals surface area contributed by atoms with Gasteiger partial charge in [-0.1, -0.05) is 51.7 Å². The Balaban J connectivity index is 2.17. The van der Waals surface area contributed by atoms with Crippen LogP contribution in [0.5, 0.6) is 0 Å². The van der Waals surface area contributed by atoms with Crippen molar-refractivity contribution in [1.29, 1.82) is 0 Å². The number of ether oxygens (including phenoxy) is 2. The summed E-state index contributed by atoms with van der Waals surface area (Å²) in [4.78, 5) is 11.3. The number of esters is 1. The van der Waals surface area contributed by atoms with E-state index in [4.69, 9.17) is 9.47 Å². The SMILES string of the molecule is CCCCC[C@H]1OC[C@]2(COC(C)=O)[C@H](C)[C@@H]1C(C)=C[C@@H]2C. The van der Waals surface area contributed by atoms with Gasteiger partial charge in [-0.15, -0.1) is 0 Å². The van der Waals surface area contributed by atoms with E-state index in [0.29, 0.717) is 37.1 Å². The lowest BCUT2D eigenvalue weighted by atomic mass is 9.56. The molecular formula is C19H32O3. The van der Waals surface area contributed by atoms with Crippen molar-refractivity contribution in [3.63, 3.8) is 0 Å². The van der Waals surface area contributed by atoms with Crippen molar-refractivity contribution in [3.05, 3.63) is 11.6 Å². The summed E-state index contributed by atoms with van der Waals surface area (Å²) in [5, 5.41) is 0. The molecule has 0 N–H and O–H groups in total. The third-order valence-electron chi connectivity index (χ3n) is 5.99. The van der Waals surface area contributed by atoms with Gasteiger partial charge in [-0.05, 0) is 25.2 Å². The van der Waals surface area contributed by atoms with Gasteiger partial charge >= 0.3 is 5.97 Å². The lowest BCUT2D eigenvalue weighted by Gasteiger charge is -2.55. The lowest BCUT2D eigenvalue weighted by Crippen LogP contribution is -2.56. The summed E-state index contributed by atoms with van der Waals surface area (Å²) in [5.74, 6) is 1.15. The fourth-order valence-corrected chi connectivity index (χ4v) is 4.48. The first kappa shape index (κ1) is 17.5. The van der Waals surface area contributed by atoms with E-state index in [-0.39, 0.29) is 11.4 Å². The van der Waals surface area contributed by atoms with Crippen molar-refractivity contribution in [3.8, 4) is 0 Å². The van der Waals surface area contributed by atoms with Crippen LogP contribution in [0.3, 0.4) is 0 Å². The minimum atomic E-state index is -0.193. The zero-order valence-electron chi connectivity index (χ0n) is 14.9. The van der Waals surface area contributed by atoms with Crippen molar-refractivity contribution in [1.82, 2.24) is 0 Å². The van der Waals surface area contributed by atoms with Crippen molar-refractivity contribution in [2.24, 2.45) is 23.2 Å². The van der Waals surface area contributed by atoms with Gasteiger partial charge in [0, 0.05) is 18.3 Å². The van der Waals surface area contributed by atoms with E-state index < -0.39 is 0 Å². The Morgan fingerprint density at radius 3 is 2.77 bits per heavy atom. The zero-order chi connectivity index (χ0) is 16.3. The summed E-state index contributed by atoms with van der Waals surface area (Å²) >= 11 is 0. The van der Waals surface area contributed by atoms with E-state index in [1.807, 2.05) is 0 Å². The third kappa shape index (κ3) is 3.24. The average molecular weight is 308 g/mol. The van der Waals surface area contributed by atoms with Gasteiger partial charge in [0.25, 0.3) is 0 Å². The second kappa shape index (κ2) is 7.16. The Morgan fingerprint density at radius 1 is 1.41 bits per heavy atom. The van der Waals surface area contributed by atoms with Gasteiger partial charge in [-0.3, -0.25) is 4.79 Å².